The zero-order valence-corrected chi connectivity index (χ0v) is 13.6. The molecular formula is C18H26N2O2. The molecule has 0 unspecified atom stereocenters. The number of nitrogens with one attached hydrogen (secondary N) is 1. The van der Waals surface area contributed by atoms with Crippen molar-refractivity contribution in [2.24, 2.45) is 0 Å². The van der Waals surface area contributed by atoms with E-state index in [1.807, 2.05) is 12.1 Å². The van der Waals surface area contributed by atoms with Crippen LogP contribution in [-0.2, 0) is 11.3 Å². The number of nitrogens with zero attached hydrogens (tertiary/aromatic N) is 1. The monoisotopic (exact) mass is 302 g/mol. The van der Waals surface area contributed by atoms with Crippen LogP contribution in [0.4, 0.5) is 0 Å². The second-order valence-corrected chi connectivity index (χ2v) is 6.55. The van der Waals surface area contributed by atoms with Crippen molar-refractivity contribution in [2.45, 2.75) is 57.2 Å². The second-order valence-electron chi connectivity index (χ2n) is 6.55. The van der Waals surface area contributed by atoms with Crippen LogP contribution < -0.4 is 10.1 Å². The number of piperidine rings is 1. The predicted octanol–water partition coefficient (Wildman–Crippen LogP) is 2.72. The summed E-state index contributed by atoms with van der Waals surface area (Å²) in [6.45, 7) is 4.30. The Labute approximate surface area is 132 Å². The highest BCUT2D eigenvalue weighted by atomic mass is 16.5. The highest BCUT2D eigenvalue weighted by Crippen LogP contribution is 2.37. The molecule has 4 heteroatoms. The lowest BCUT2D eigenvalue weighted by molar-refractivity contribution is -0.120. The second kappa shape index (κ2) is 6.29. The molecule has 2 aliphatic heterocycles. The standard InChI is InChI=1S/C18H26N2O2/c1-3-16-18(11-9-17(21)19-18)10-4-12-20(16)13-14-5-7-15(22-2)8-6-14/h5-8,16H,3-4,9-13H2,1-2H3,(H,19,21)/t16-,18-/m0/s1. The van der Waals surface area contributed by atoms with Gasteiger partial charge in [0.1, 0.15) is 5.75 Å². The van der Waals surface area contributed by atoms with Crippen LogP contribution >= 0.6 is 0 Å². The quantitative estimate of drug-likeness (QED) is 0.930. The zero-order chi connectivity index (χ0) is 15.6. The number of ether oxygens (including phenoxy) is 1. The van der Waals surface area contributed by atoms with Crippen molar-refractivity contribution in [3.8, 4) is 5.75 Å². The van der Waals surface area contributed by atoms with Gasteiger partial charge in [0, 0.05) is 19.0 Å². The maximum absolute atomic E-state index is 11.8. The summed E-state index contributed by atoms with van der Waals surface area (Å²) in [5.41, 5.74) is 1.32. The molecule has 1 aromatic carbocycles. The Morgan fingerprint density at radius 2 is 2.09 bits per heavy atom. The van der Waals surface area contributed by atoms with Crippen LogP contribution in [0.1, 0.15) is 44.6 Å². The van der Waals surface area contributed by atoms with E-state index in [1.54, 1.807) is 7.11 Å². The molecular weight excluding hydrogens is 276 g/mol. The van der Waals surface area contributed by atoms with Gasteiger partial charge in [0.05, 0.1) is 12.6 Å². The highest BCUT2D eigenvalue weighted by Gasteiger charge is 2.47. The SMILES string of the molecule is CC[C@@H]1N(Cc2ccc(OC)cc2)CCC[C@]12CCC(=O)N2. The molecule has 1 N–H and O–H groups in total. The first-order valence-corrected chi connectivity index (χ1v) is 8.35. The van der Waals surface area contributed by atoms with Crippen molar-refractivity contribution in [1.82, 2.24) is 10.2 Å². The largest absolute Gasteiger partial charge is 0.497 e. The molecule has 2 fully saturated rings. The molecule has 1 amide bonds. The maximum Gasteiger partial charge on any atom is 0.220 e. The molecule has 2 saturated heterocycles. The zero-order valence-electron chi connectivity index (χ0n) is 13.6. The van der Waals surface area contributed by atoms with Gasteiger partial charge in [0.25, 0.3) is 0 Å². The van der Waals surface area contributed by atoms with Crippen LogP contribution in [0.15, 0.2) is 24.3 Å². The number of carbonyl (C=O) groups excluding carboxylic acids is 1. The Hall–Kier alpha value is -1.55. The molecule has 2 aliphatic rings. The first-order valence-electron chi connectivity index (χ1n) is 8.35. The Bertz CT molecular complexity index is 528. The maximum atomic E-state index is 11.8. The summed E-state index contributed by atoms with van der Waals surface area (Å²) in [4.78, 5) is 14.3. The Kier molecular flexibility index (Phi) is 4.39. The first kappa shape index (κ1) is 15.3. The number of methoxy groups -OCH3 is 1. The van der Waals surface area contributed by atoms with E-state index in [4.69, 9.17) is 4.74 Å². The topological polar surface area (TPSA) is 41.6 Å². The van der Waals surface area contributed by atoms with Gasteiger partial charge in [0.15, 0.2) is 0 Å². The fraction of sp³-hybridized carbons (Fsp3) is 0.611. The highest BCUT2D eigenvalue weighted by molar-refractivity contribution is 5.79. The Balaban J connectivity index is 1.75. The van der Waals surface area contributed by atoms with Gasteiger partial charge < -0.3 is 10.1 Å². The number of benzene rings is 1. The van der Waals surface area contributed by atoms with Gasteiger partial charge in [-0.15, -0.1) is 0 Å². The van der Waals surface area contributed by atoms with Crippen LogP contribution in [0.3, 0.4) is 0 Å². The molecule has 0 aromatic heterocycles. The summed E-state index contributed by atoms with van der Waals surface area (Å²) in [6.07, 6.45) is 5.04. The number of rotatable bonds is 4. The number of likely N-dealkylation sites (tertiary alicyclic amines) is 1. The van der Waals surface area contributed by atoms with Gasteiger partial charge in [-0.05, 0) is 49.9 Å². The van der Waals surface area contributed by atoms with E-state index in [9.17, 15) is 4.79 Å². The van der Waals surface area contributed by atoms with Gasteiger partial charge in [-0.1, -0.05) is 19.1 Å². The summed E-state index contributed by atoms with van der Waals surface area (Å²) >= 11 is 0. The molecule has 0 saturated carbocycles. The third-order valence-corrected chi connectivity index (χ3v) is 5.26. The number of hydrogen-bond acceptors (Lipinski definition) is 3. The van der Waals surface area contributed by atoms with Crippen molar-refractivity contribution in [2.75, 3.05) is 13.7 Å². The average Bonchev–Trinajstić information content (AvgIpc) is 2.90. The van der Waals surface area contributed by atoms with E-state index in [0.29, 0.717) is 12.5 Å². The summed E-state index contributed by atoms with van der Waals surface area (Å²) < 4.78 is 5.23. The molecule has 1 aromatic rings. The van der Waals surface area contributed by atoms with Gasteiger partial charge in [-0.3, -0.25) is 9.69 Å². The van der Waals surface area contributed by atoms with Gasteiger partial charge in [-0.2, -0.15) is 0 Å². The number of carbonyl (C=O) groups is 1. The van der Waals surface area contributed by atoms with Gasteiger partial charge in [-0.25, -0.2) is 0 Å². The Morgan fingerprint density at radius 3 is 2.68 bits per heavy atom. The van der Waals surface area contributed by atoms with Crippen molar-refractivity contribution in [3.63, 3.8) is 0 Å². The molecule has 0 bridgehead atoms. The van der Waals surface area contributed by atoms with E-state index >= 15 is 0 Å². The third kappa shape index (κ3) is 2.84. The van der Waals surface area contributed by atoms with Crippen molar-refractivity contribution in [3.05, 3.63) is 29.8 Å². The summed E-state index contributed by atoms with van der Waals surface area (Å²) in [5.74, 6) is 1.12. The van der Waals surface area contributed by atoms with Crippen LogP contribution in [0.25, 0.3) is 0 Å². The number of hydrogen-bond donors (Lipinski definition) is 1. The summed E-state index contributed by atoms with van der Waals surface area (Å²) in [7, 11) is 1.69. The van der Waals surface area contributed by atoms with E-state index in [2.05, 4.69) is 29.3 Å². The smallest absolute Gasteiger partial charge is 0.220 e. The van der Waals surface area contributed by atoms with Gasteiger partial charge >= 0.3 is 0 Å². The van der Waals surface area contributed by atoms with Crippen LogP contribution in [0, 0.1) is 0 Å². The van der Waals surface area contributed by atoms with E-state index in [-0.39, 0.29) is 11.4 Å². The summed E-state index contributed by atoms with van der Waals surface area (Å²) in [6, 6.07) is 8.76. The normalized spacial score (nSPS) is 28.8. The lowest BCUT2D eigenvalue weighted by Gasteiger charge is -2.48. The lowest BCUT2D eigenvalue weighted by Crippen LogP contribution is -2.61. The molecule has 2 heterocycles. The molecule has 0 radical (unpaired) electrons. The minimum Gasteiger partial charge on any atom is -0.497 e. The number of amides is 1. The van der Waals surface area contributed by atoms with Crippen LogP contribution in [-0.4, -0.2) is 36.0 Å². The van der Waals surface area contributed by atoms with E-state index < -0.39 is 0 Å². The molecule has 0 aliphatic carbocycles. The molecule has 4 nitrogen and oxygen atoms in total. The van der Waals surface area contributed by atoms with Gasteiger partial charge in [0.2, 0.25) is 5.91 Å². The third-order valence-electron chi connectivity index (χ3n) is 5.26. The molecule has 3 rings (SSSR count). The molecule has 1 spiro atoms. The van der Waals surface area contributed by atoms with E-state index in [1.165, 1.54) is 5.56 Å². The lowest BCUT2D eigenvalue weighted by atomic mass is 9.78. The van der Waals surface area contributed by atoms with Crippen molar-refractivity contribution >= 4 is 5.91 Å². The minimum absolute atomic E-state index is 0.0105. The fourth-order valence-electron chi connectivity index (χ4n) is 4.25. The van der Waals surface area contributed by atoms with Crippen molar-refractivity contribution < 1.29 is 9.53 Å². The van der Waals surface area contributed by atoms with Crippen LogP contribution in [0.5, 0.6) is 5.75 Å². The first-order chi connectivity index (χ1) is 10.7. The fourth-order valence-corrected chi connectivity index (χ4v) is 4.25. The van der Waals surface area contributed by atoms with E-state index in [0.717, 1.165) is 44.5 Å². The predicted molar refractivity (Wildman–Crippen MR) is 86.8 cm³/mol. The molecule has 22 heavy (non-hydrogen) atoms. The summed E-state index contributed by atoms with van der Waals surface area (Å²) in [5, 5.41) is 3.30. The molecule has 2 atom stereocenters. The Morgan fingerprint density at radius 1 is 1.32 bits per heavy atom. The van der Waals surface area contributed by atoms with Crippen molar-refractivity contribution in [1.29, 1.82) is 0 Å². The molecule has 120 valence electrons. The van der Waals surface area contributed by atoms with Crippen LogP contribution in [0.2, 0.25) is 0 Å². The minimum atomic E-state index is 0.0105. The average molecular weight is 302 g/mol.